The van der Waals surface area contributed by atoms with Crippen molar-refractivity contribution in [3.63, 3.8) is 0 Å². The molecule has 0 unspecified atom stereocenters. The summed E-state index contributed by atoms with van der Waals surface area (Å²) in [6.45, 7) is 0. The second-order valence-corrected chi connectivity index (χ2v) is 7.25. The van der Waals surface area contributed by atoms with Crippen LogP contribution in [0.3, 0.4) is 0 Å². The van der Waals surface area contributed by atoms with E-state index in [2.05, 4.69) is 15.9 Å². The Morgan fingerprint density at radius 3 is 2.81 bits per heavy atom. The van der Waals surface area contributed by atoms with Crippen molar-refractivity contribution < 1.29 is 4.79 Å². The Morgan fingerprint density at radius 1 is 1.44 bits per heavy atom. The zero-order valence-corrected chi connectivity index (χ0v) is 12.3. The number of ketones is 1. The molecular formula is C12H15BrOS2. The first-order chi connectivity index (χ1) is 7.75. The average molecular weight is 319 g/mol. The number of carbonyl (C=O) groups excluding carboxylic acids is 1. The zero-order chi connectivity index (χ0) is 11.4. The third-order valence-electron chi connectivity index (χ3n) is 2.91. The van der Waals surface area contributed by atoms with Gasteiger partial charge >= 0.3 is 0 Å². The predicted octanol–water partition coefficient (Wildman–Crippen LogP) is 4.16. The van der Waals surface area contributed by atoms with E-state index < -0.39 is 0 Å². The van der Waals surface area contributed by atoms with Crippen molar-refractivity contribution in [2.75, 3.05) is 11.5 Å². The number of hydrogen-bond donors (Lipinski definition) is 0. The van der Waals surface area contributed by atoms with E-state index in [1.807, 2.05) is 23.2 Å². The molecule has 0 bridgehead atoms. The Labute approximate surface area is 113 Å². The second kappa shape index (κ2) is 6.22. The standard InChI is InChI=1S/C12H15BrOS2/c13-11-3-6-16-12(11)8-10(14)7-9-1-4-15-5-2-9/h3,6,9H,1-2,4-5,7-8H2. The van der Waals surface area contributed by atoms with E-state index in [-0.39, 0.29) is 0 Å². The van der Waals surface area contributed by atoms with Gasteiger partial charge in [-0.05, 0) is 57.6 Å². The molecule has 2 heterocycles. The number of thiophene rings is 1. The highest BCUT2D eigenvalue weighted by molar-refractivity contribution is 9.10. The fourth-order valence-electron chi connectivity index (χ4n) is 1.97. The zero-order valence-electron chi connectivity index (χ0n) is 9.08. The van der Waals surface area contributed by atoms with Gasteiger partial charge < -0.3 is 0 Å². The lowest BCUT2D eigenvalue weighted by Crippen LogP contribution is -2.15. The largest absolute Gasteiger partial charge is 0.299 e. The van der Waals surface area contributed by atoms with Gasteiger partial charge in [0.05, 0.1) is 0 Å². The first kappa shape index (κ1) is 12.7. The van der Waals surface area contributed by atoms with Gasteiger partial charge in [-0.1, -0.05) is 0 Å². The van der Waals surface area contributed by atoms with Gasteiger partial charge in [0.2, 0.25) is 0 Å². The number of hydrogen-bond acceptors (Lipinski definition) is 3. The summed E-state index contributed by atoms with van der Waals surface area (Å²) in [4.78, 5) is 13.1. The molecule has 0 aromatic carbocycles. The monoisotopic (exact) mass is 318 g/mol. The molecule has 0 radical (unpaired) electrons. The second-order valence-electron chi connectivity index (χ2n) is 4.17. The fourth-order valence-corrected chi connectivity index (χ4v) is 4.70. The molecule has 0 saturated carbocycles. The van der Waals surface area contributed by atoms with Gasteiger partial charge in [-0.3, -0.25) is 4.79 Å². The number of halogens is 1. The Kier molecular flexibility index (Phi) is 4.92. The van der Waals surface area contributed by atoms with E-state index in [4.69, 9.17) is 0 Å². The molecule has 0 atom stereocenters. The molecule has 1 aromatic rings. The summed E-state index contributed by atoms with van der Waals surface area (Å²) in [7, 11) is 0. The number of rotatable bonds is 4. The van der Waals surface area contributed by atoms with Crippen molar-refractivity contribution in [2.24, 2.45) is 5.92 Å². The molecule has 1 aliphatic rings. The van der Waals surface area contributed by atoms with Crippen LogP contribution in [0.25, 0.3) is 0 Å². The van der Waals surface area contributed by atoms with Crippen molar-refractivity contribution in [1.82, 2.24) is 0 Å². The van der Waals surface area contributed by atoms with Gasteiger partial charge in [0.1, 0.15) is 5.78 Å². The smallest absolute Gasteiger partial charge is 0.138 e. The van der Waals surface area contributed by atoms with E-state index in [9.17, 15) is 4.79 Å². The molecule has 1 saturated heterocycles. The summed E-state index contributed by atoms with van der Waals surface area (Å²) >= 11 is 7.16. The van der Waals surface area contributed by atoms with Gasteiger partial charge in [-0.15, -0.1) is 11.3 Å². The van der Waals surface area contributed by atoms with Gasteiger partial charge in [0, 0.05) is 22.2 Å². The minimum Gasteiger partial charge on any atom is -0.299 e. The van der Waals surface area contributed by atoms with Gasteiger partial charge in [0.25, 0.3) is 0 Å². The molecule has 0 N–H and O–H groups in total. The Bertz CT molecular complexity index is 356. The van der Waals surface area contributed by atoms with E-state index in [1.165, 1.54) is 29.2 Å². The van der Waals surface area contributed by atoms with Crippen molar-refractivity contribution in [2.45, 2.75) is 25.7 Å². The van der Waals surface area contributed by atoms with Crippen molar-refractivity contribution in [1.29, 1.82) is 0 Å². The van der Waals surface area contributed by atoms with E-state index in [0.29, 0.717) is 18.1 Å². The van der Waals surface area contributed by atoms with Crippen LogP contribution in [0.15, 0.2) is 15.9 Å². The molecule has 1 aliphatic heterocycles. The highest BCUT2D eigenvalue weighted by Crippen LogP contribution is 2.28. The third-order valence-corrected chi connectivity index (χ3v) is 5.88. The van der Waals surface area contributed by atoms with Crippen molar-refractivity contribution >= 4 is 44.8 Å². The van der Waals surface area contributed by atoms with Crippen LogP contribution in [0.4, 0.5) is 0 Å². The molecule has 16 heavy (non-hydrogen) atoms. The maximum absolute atomic E-state index is 11.9. The van der Waals surface area contributed by atoms with Crippen LogP contribution in [0, 0.1) is 5.92 Å². The summed E-state index contributed by atoms with van der Waals surface area (Å²) in [6.07, 6.45) is 3.84. The fraction of sp³-hybridized carbons (Fsp3) is 0.583. The topological polar surface area (TPSA) is 17.1 Å². The number of Topliss-reactive ketones (excluding diaryl/α,β-unsaturated/α-hetero) is 1. The molecule has 1 nitrogen and oxygen atoms in total. The Morgan fingerprint density at radius 2 is 2.19 bits per heavy atom. The maximum Gasteiger partial charge on any atom is 0.138 e. The summed E-state index contributed by atoms with van der Waals surface area (Å²) in [6, 6.07) is 2.02. The van der Waals surface area contributed by atoms with Crippen LogP contribution in [0.2, 0.25) is 0 Å². The SMILES string of the molecule is O=C(Cc1sccc1Br)CC1CCSCC1. The van der Waals surface area contributed by atoms with Crippen LogP contribution < -0.4 is 0 Å². The minimum atomic E-state index is 0.403. The minimum absolute atomic E-state index is 0.403. The van der Waals surface area contributed by atoms with Crippen molar-refractivity contribution in [3.05, 3.63) is 20.8 Å². The lowest BCUT2D eigenvalue weighted by Gasteiger charge is -2.20. The summed E-state index contributed by atoms with van der Waals surface area (Å²) < 4.78 is 1.09. The summed E-state index contributed by atoms with van der Waals surface area (Å²) in [5.41, 5.74) is 0. The molecule has 1 aromatic heterocycles. The van der Waals surface area contributed by atoms with Gasteiger partial charge in [-0.25, -0.2) is 0 Å². The van der Waals surface area contributed by atoms with Crippen molar-refractivity contribution in [3.8, 4) is 0 Å². The van der Waals surface area contributed by atoms with Gasteiger partial charge in [0.15, 0.2) is 0 Å². The highest BCUT2D eigenvalue weighted by atomic mass is 79.9. The van der Waals surface area contributed by atoms with E-state index >= 15 is 0 Å². The highest BCUT2D eigenvalue weighted by Gasteiger charge is 2.18. The van der Waals surface area contributed by atoms with Crippen LogP contribution in [-0.2, 0) is 11.2 Å². The van der Waals surface area contributed by atoms with Crippen LogP contribution in [0.5, 0.6) is 0 Å². The predicted molar refractivity (Wildman–Crippen MR) is 75.4 cm³/mol. The molecule has 0 aliphatic carbocycles. The summed E-state index contributed by atoms with van der Waals surface area (Å²) in [5, 5.41) is 2.03. The van der Waals surface area contributed by atoms with Crippen LogP contribution in [0.1, 0.15) is 24.1 Å². The van der Waals surface area contributed by atoms with E-state index in [0.717, 1.165) is 10.9 Å². The molecular weight excluding hydrogens is 304 g/mol. The lowest BCUT2D eigenvalue weighted by molar-refractivity contribution is -0.119. The normalized spacial score (nSPS) is 17.6. The van der Waals surface area contributed by atoms with Crippen LogP contribution >= 0.6 is 39.0 Å². The Balaban J connectivity index is 1.82. The van der Waals surface area contributed by atoms with Crippen LogP contribution in [-0.4, -0.2) is 17.3 Å². The third kappa shape index (κ3) is 3.60. The number of carbonyl (C=O) groups is 1. The molecule has 4 heteroatoms. The first-order valence-electron chi connectivity index (χ1n) is 5.57. The molecule has 2 rings (SSSR count). The quantitative estimate of drug-likeness (QED) is 0.829. The maximum atomic E-state index is 11.9. The number of thioether (sulfide) groups is 1. The van der Waals surface area contributed by atoms with Gasteiger partial charge in [-0.2, -0.15) is 11.8 Å². The summed E-state index contributed by atoms with van der Waals surface area (Å²) in [5.74, 6) is 3.52. The molecule has 1 fully saturated rings. The Hall–Kier alpha value is 0.200. The van der Waals surface area contributed by atoms with E-state index in [1.54, 1.807) is 11.3 Å². The molecule has 88 valence electrons. The molecule has 0 amide bonds. The molecule has 0 spiro atoms. The lowest BCUT2D eigenvalue weighted by atomic mass is 9.95. The first-order valence-corrected chi connectivity index (χ1v) is 8.40. The average Bonchev–Trinajstić information content (AvgIpc) is 2.66.